The topological polar surface area (TPSA) is 93.7 Å². The van der Waals surface area contributed by atoms with E-state index in [1.807, 2.05) is 12.1 Å². The first-order chi connectivity index (χ1) is 11.4. The fourth-order valence-corrected chi connectivity index (χ4v) is 1.89. The summed E-state index contributed by atoms with van der Waals surface area (Å²) in [4.78, 5) is 34.3. The molecule has 2 rings (SSSR count). The van der Waals surface area contributed by atoms with Crippen LogP contribution in [0.3, 0.4) is 0 Å². The molecule has 1 fully saturated rings. The number of imide groups is 1. The summed E-state index contributed by atoms with van der Waals surface area (Å²) in [7, 11) is 0. The van der Waals surface area contributed by atoms with Crippen molar-refractivity contribution in [2.45, 2.75) is 38.6 Å². The minimum Gasteiger partial charge on any atom is -0.482 e. The minimum atomic E-state index is -0.680. The molecule has 1 aliphatic carbocycles. The lowest BCUT2D eigenvalue weighted by molar-refractivity contribution is -0.150. The zero-order valence-corrected chi connectivity index (χ0v) is 13.8. The van der Waals surface area contributed by atoms with E-state index in [2.05, 4.69) is 24.5 Å². The SMILES string of the molecule is CC(C)c1ccc(OCC(=O)OCC(=O)NC(=O)NC2CC2)cc1. The molecule has 7 nitrogen and oxygen atoms in total. The van der Waals surface area contributed by atoms with Gasteiger partial charge in [0.1, 0.15) is 5.75 Å². The van der Waals surface area contributed by atoms with E-state index in [-0.39, 0.29) is 12.6 Å². The van der Waals surface area contributed by atoms with E-state index in [9.17, 15) is 14.4 Å². The summed E-state index contributed by atoms with van der Waals surface area (Å²) < 4.78 is 10.0. The van der Waals surface area contributed by atoms with Gasteiger partial charge in [-0.2, -0.15) is 0 Å². The van der Waals surface area contributed by atoms with Crippen LogP contribution in [0.25, 0.3) is 0 Å². The molecule has 1 aromatic rings. The Bertz CT molecular complexity index is 594. The van der Waals surface area contributed by atoms with Crippen molar-refractivity contribution < 1.29 is 23.9 Å². The molecule has 0 unspecified atom stereocenters. The monoisotopic (exact) mass is 334 g/mol. The van der Waals surface area contributed by atoms with Crippen molar-refractivity contribution in [1.29, 1.82) is 0 Å². The lowest BCUT2D eigenvalue weighted by Gasteiger charge is -2.09. The average Bonchev–Trinajstić information content (AvgIpc) is 3.35. The number of benzene rings is 1. The highest BCUT2D eigenvalue weighted by atomic mass is 16.6. The van der Waals surface area contributed by atoms with Crippen LogP contribution in [0.4, 0.5) is 4.79 Å². The second-order valence-corrected chi connectivity index (χ2v) is 5.97. The first-order valence-electron chi connectivity index (χ1n) is 7.92. The van der Waals surface area contributed by atoms with Gasteiger partial charge in [0.2, 0.25) is 0 Å². The van der Waals surface area contributed by atoms with Crippen molar-refractivity contribution >= 4 is 17.9 Å². The molecule has 0 aliphatic heterocycles. The number of carbonyl (C=O) groups excluding carboxylic acids is 3. The number of esters is 1. The van der Waals surface area contributed by atoms with Gasteiger partial charge >= 0.3 is 12.0 Å². The average molecular weight is 334 g/mol. The van der Waals surface area contributed by atoms with Crippen LogP contribution in [0, 0.1) is 0 Å². The zero-order valence-electron chi connectivity index (χ0n) is 13.8. The van der Waals surface area contributed by atoms with Gasteiger partial charge < -0.3 is 14.8 Å². The quantitative estimate of drug-likeness (QED) is 0.741. The van der Waals surface area contributed by atoms with Crippen LogP contribution in [-0.2, 0) is 14.3 Å². The molecular weight excluding hydrogens is 312 g/mol. The summed E-state index contributed by atoms with van der Waals surface area (Å²) in [5, 5.41) is 4.69. The molecule has 3 amide bonds. The standard InChI is InChI=1S/C17H22N2O5/c1-11(2)12-3-7-14(8-4-12)23-10-16(21)24-9-15(20)19-17(22)18-13-5-6-13/h3-4,7-8,11,13H,5-6,9-10H2,1-2H3,(H2,18,19,20,22). The van der Waals surface area contributed by atoms with E-state index >= 15 is 0 Å². The van der Waals surface area contributed by atoms with Gasteiger partial charge in [-0.05, 0) is 36.5 Å². The second-order valence-electron chi connectivity index (χ2n) is 5.97. The van der Waals surface area contributed by atoms with Crippen LogP contribution in [0.1, 0.15) is 38.2 Å². The molecule has 130 valence electrons. The van der Waals surface area contributed by atoms with Crippen molar-refractivity contribution in [1.82, 2.24) is 10.6 Å². The highest BCUT2D eigenvalue weighted by molar-refractivity contribution is 5.95. The molecule has 0 aromatic heterocycles. The Balaban J connectivity index is 1.63. The molecule has 1 aromatic carbocycles. The summed E-state index contributed by atoms with van der Waals surface area (Å²) in [5.41, 5.74) is 1.17. The highest BCUT2D eigenvalue weighted by Gasteiger charge is 2.24. The molecule has 1 saturated carbocycles. The molecule has 0 spiro atoms. The lowest BCUT2D eigenvalue weighted by atomic mass is 10.0. The maximum atomic E-state index is 11.5. The van der Waals surface area contributed by atoms with Gasteiger partial charge in [-0.1, -0.05) is 26.0 Å². The van der Waals surface area contributed by atoms with Gasteiger partial charge in [-0.15, -0.1) is 0 Å². The normalized spacial score (nSPS) is 13.3. The van der Waals surface area contributed by atoms with E-state index in [1.54, 1.807) is 12.1 Å². The largest absolute Gasteiger partial charge is 0.482 e. The summed E-state index contributed by atoms with van der Waals surface area (Å²) in [6, 6.07) is 6.99. The van der Waals surface area contributed by atoms with Gasteiger partial charge in [-0.3, -0.25) is 10.1 Å². The van der Waals surface area contributed by atoms with Crippen LogP contribution in [0.15, 0.2) is 24.3 Å². The van der Waals surface area contributed by atoms with Gasteiger partial charge in [0.25, 0.3) is 5.91 Å². The molecule has 24 heavy (non-hydrogen) atoms. The molecular formula is C17H22N2O5. The summed E-state index contributed by atoms with van der Waals surface area (Å²) in [6.45, 7) is 3.35. The lowest BCUT2D eigenvalue weighted by Crippen LogP contribution is -2.42. The number of hydrogen-bond donors (Lipinski definition) is 2. The second kappa shape index (κ2) is 8.33. The Kier molecular flexibility index (Phi) is 6.17. The molecule has 7 heteroatoms. The number of ether oxygens (including phenoxy) is 2. The number of carbonyl (C=O) groups is 3. The zero-order chi connectivity index (χ0) is 17.5. The summed E-state index contributed by atoms with van der Waals surface area (Å²) in [5.74, 6) is -0.396. The van der Waals surface area contributed by atoms with Gasteiger partial charge in [0, 0.05) is 6.04 Å². The van der Waals surface area contributed by atoms with Crippen molar-refractivity contribution in [2.75, 3.05) is 13.2 Å². The molecule has 0 radical (unpaired) electrons. The summed E-state index contributed by atoms with van der Waals surface area (Å²) >= 11 is 0. The Morgan fingerprint density at radius 1 is 1.12 bits per heavy atom. The fourth-order valence-electron chi connectivity index (χ4n) is 1.89. The predicted molar refractivity (Wildman–Crippen MR) is 86.7 cm³/mol. The molecule has 0 bridgehead atoms. The van der Waals surface area contributed by atoms with E-state index < -0.39 is 24.5 Å². The van der Waals surface area contributed by atoms with Crippen molar-refractivity contribution in [2.24, 2.45) is 0 Å². The van der Waals surface area contributed by atoms with E-state index in [0.717, 1.165) is 12.8 Å². The molecule has 1 aliphatic rings. The van der Waals surface area contributed by atoms with Gasteiger partial charge in [-0.25, -0.2) is 9.59 Å². The third kappa shape index (κ3) is 6.28. The molecule has 0 heterocycles. The Morgan fingerprint density at radius 2 is 1.79 bits per heavy atom. The third-order valence-corrected chi connectivity index (χ3v) is 3.43. The van der Waals surface area contributed by atoms with Crippen molar-refractivity contribution in [3.05, 3.63) is 29.8 Å². The number of nitrogens with one attached hydrogen (secondary N) is 2. The fraction of sp³-hybridized carbons (Fsp3) is 0.471. The Labute approximate surface area is 140 Å². The predicted octanol–water partition coefficient (Wildman–Crippen LogP) is 1.72. The van der Waals surface area contributed by atoms with Gasteiger partial charge in [0.05, 0.1) is 0 Å². The number of urea groups is 1. The maximum absolute atomic E-state index is 11.5. The third-order valence-electron chi connectivity index (χ3n) is 3.43. The van der Waals surface area contributed by atoms with Crippen LogP contribution >= 0.6 is 0 Å². The summed E-state index contributed by atoms with van der Waals surface area (Å²) in [6.07, 6.45) is 1.85. The van der Waals surface area contributed by atoms with Crippen LogP contribution in [-0.4, -0.2) is 37.2 Å². The van der Waals surface area contributed by atoms with E-state index in [4.69, 9.17) is 9.47 Å². The van der Waals surface area contributed by atoms with Crippen LogP contribution in [0.5, 0.6) is 5.75 Å². The van der Waals surface area contributed by atoms with Crippen LogP contribution < -0.4 is 15.4 Å². The molecule has 0 atom stereocenters. The molecule has 0 saturated heterocycles. The van der Waals surface area contributed by atoms with E-state index in [0.29, 0.717) is 11.7 Å². The van der Waals surface area contributed by atoms with E-state index in [1.165, 1.54) is 5.56 Å². The number of amides is 3. The first-order valence-corrected chi connectivity index (χ1v) is 7.92. The molecule has 2 N–H and O–H groups in total. The minimum absolute atomic E-state index is 0.149. The number of hydrogen-bond acceptors (Lipinski definition) is 5. The highest BCUT2D eigenvalue weighted by Crippen LogP contribution is 2.19. The van der Waals surface area contributed by atoms with Crippen LogP contribution in [0.2, 0.25) is 0 Å². The Morgan fingerprint density at radius 3 is 2.38 bits per heavy atom. The Hall–Kier alpha value is -2.57. The maximum Gasteiger partial charge on any atom is 0.344 e. The first kappa shape index (κ1) is 17.8. The smallest absolute Gasteiger partial charge is 0.344 e. The number of rotatable bonds is 7. The van der Waals surface area contributed by atoms with Crippen molar-refractivity contribution in [3.63, 3.8) is 0 Å². The van der Waals surface area contributed by atoms with Gasteiger partial charge in [0.15, 0.2) is 13.2 Å². The van der Waals surface area contributed by atoms with Crippen molar-refractivity contribution in [3.8, 4) is 5.75 Å².